The van der Waals surface area contributed by atoms with Crippen LogP contribution in [0.2, 0.25) is 0 Å². The molecule has 3 aromatic rings. The van der Waals surface area contributed by atoms with Gasteiger partial charge < -0.3 is 14.8 Å². The molecule has 1 saturated heterocycles. The van der Waals surface area contributed by atoms with Gasteiger partial charge in [-0.05, 0) is 68.1 Å². The van der Waals surface area contributed by atoms with Crippen LogP contribution in [0.3, 0.4) is 0 Å². The molecule has 0 unspecified atom stereocenters. The van der Waals surface area contributed by atoms with Gasteiger partial charge in [0.05, 0.1) is 5.69 Å². The summed E-state index contributed by atoms with van der Waals surface area (Å²) in [6.07, 6.45) is 1.32. The Bertz CT molecular complexity index is 1090. The third-order valence-electron chi connectivity index (χ3n) is 5.43. The van der Waals surface area contributed by atoms with Crippen molar-refractivity contribution in [3.8, 4) is 17.0 Å². The second kappa shape index (κ2) is 9.01. The topological polar surface area (TPSA) is 74.4 Å². The zero-order chi connectivity index (χ0) is 22.0. The third-order valence-corrected chi connectivity index (χ3v) is 5.43. The number of rotatable bonds is 6. The molecule has 3 heterocycles. The number of benzene rings is 1. The summed E-state index contributed by atoms with van der Waals surface area (Å²) in [5.41, 5.74) is 5.33. The van der Waals surface area contributed by atoms with E-state index in [2.05, 4.69) is 15.3 Å². The molecular formula is C23H26F2N4O2. The molecule has 6 nitrogen and oxygen atoms in total. The number of phenolic OH excluding ortho intramolecular Hbond substituents is 1. The summed E-state index contributed by atoms with van der Waals surface area (Å²) in [7, 11) is 0. The number of aromatic hydroxyl groups is 1. The Labute approximate surface area is 179 Å². The summed E-state index contributed by atoms with van der Waals surface area (Å²) >= 11 is 0. The minimum absolute atomic E-state index is 0.101. The summed E-state index contributed by atoms with van der Waals surface area (Å²) in [4.78, 5) is 11.0. The first kappa shape index (κ1) is 21.2. The van der Waals surface area contributed by atoms with Gasteiger partial charge in [-0.3, -0.25) is 4.90 Å². The normalized spacial score (nSPS) is 16.5. The maximum absolute atomic E-state index is 12.5. The van der Waals surface area contributed by atoms with Crippen molar-refractivity contribution in [1.82, 2.24) is 14.9 Å². The van der Waals surface area contributed by atoms with E-state index in [1.165, 1.54) is 0 Å². The number of aromatic nitrogens is 2. The van der Waals surface area contributed by atoms with Gasteiger partial charge in [-0.2, -0.15) is 4.98 Å². The van der Waals surface area contributed by atoms with Gasteiger partial charge >= 0.3 is 6.01 Å². The van der Waals surface area contributed by atoms with Crippen molar-refractivity contribution < 1.29 is 18.3 Å². The Morgan fingerprint density at radius 2 is 2.10 bits per heavy atom. The van der Waals surface area contributed by atoms with E-state index in [0.717, 1.165) is 36.1 Å². The predicted octanol–water partition coefficient (Wildman–Crippen LogP) is 5.26. The Morgan fingerprint density at radius 1 is 1.26 bits per heavy atom. The van der Waals surface area contributed by atoms with Crippen LogP contribution in [0.5, 0.6) is 5.75 Å². The van der Waals surface area contributed by atoms with Crippen molar-refractivity contribution in [1.29, 1.82) is 0 Å². The van der Waals surface area contributed by atoms with Crippen LogP contribution >= 0.6 is 0 Å². The number of hydrogen-bond donors (Lipinski definition) is 2. The molecule has 2 N–H and O–H groups in total. The fourth-order valence-corrected chi connectivity index (χ4v) is 4.03. The van der Waals surface area contributed by atoms with Crippen LogP contribution in [0.25, 0.3) is 22.5 Å². The van der Waals surface area contributed by atoms with Gasteiger partial charge in [-0.25, -0.2) is 13.8 Å². The van der Waals surface area contributed by atoms with Crippen LogP contribution in [0.4, 0.5) is 14.8 Å². The second-order valence-corrected chi connectivity index (χ2v) is 8.02. The Morgan fingerprint density at radius 3 is 2.87 bits per heavy atom. The summed E-state index contributed by atoms with van der Waals surface area (Å²) < 4.78 is 30.7. The van der Waals surface area contributed by atoms with E-state index >= 15 is 0 Å². The fourth-order valence-electron chi connectivity index (χ4n) is 4.03. The van der Waals surface area contributed by atoms with Crippen molar-refractivity contribution >= 4 is 17.2 Å². The van der Waals surface area contributed by atoms with E-state index in [4.69, 9.17) is 4.42 Å². The average Bonchev–Trinajstić information content (AvgIpc) is 3.13. The Hall–Kier alpha value is -3.00. The molecule has 31 heavy (non-hydrogen) atoms. The standard InChI is InChI=1S/C23H26F2N4O2/c1-14-10-15(2)21(18(30)11-14)17-5-6-19-22(27-17)28-23(31-19)26-12-16-4-3-8-29(13-16)9-7-20(24)25/h5-6,10-12,20,30H,3-4,7-9,13H2,1-2H3,(H,26,27,28). The van der Waals surface area contributed by atoms with Crippen LogP contribution in [0.15, 0.2) is 40.5 Å². The number of halogens is 2. The minimum atomic E-state index is -2.27. The first-order valence-corrected chi connectivity index (χ1v) is 10.4. The SMILES string of the molecule is Cc1cc(C)c(-c2ccc3oc(NC=C4CCCN(CCC(F)F)C4)nc3n2)c(O)c1. The number of alkyl halides is 2. The lowest BCUT2D eigenvalue weighted by Gasteiger charge is -2.28. The highest BCUT2D eigenvalue weighted by Crippen LogP contribution is 2.33. The van der Waals surface area contributed by atoms with Crippen molar-refractivity contribution in [2.75, 3.05) is 25.0 Å². The Balaban J connectivity index is 1.49. The van der Waals surface area contributed by atoms with Gasteiger partial charge in [-0.1, -0.05) is 6.07 Å². The quantitative estimate of drug-likeness (QED) is 0.558. The van der Waals surface area contributed by atoms with Crippen molar-refractivity contribution in [3.63, 3.8) is 0 Å². The molecule has 0 saturated carbocycles. The molecule has 1 fully saturated rings. The maximum Gasteiger partial charge on any atom is 0.301 e. The highest BCUT2D eigenvalue weighted by molar-refractivity contribution is 5.78. The smallest absolute Gasteiger partial charge is 0.301 e. The van der Waals surface area contributed by atoms with Gasteiger partial charge in [0.1, 0.15) is 5.75 Å². The number of pyridine rings is 1. The predicted molar refractivity (Wildman–Crippen MR) is 116 cm³/mol. The highest BCUT2D eigenvalue weighted by atomic mass is 19.3. The zero-order valence-electron chi connectivity index (χ0n) is 17.7. The number of aryl methyl sites for hydroxylation is 2. The average molecular weight is 428 g/mol. The number of nitrogens with zero attached hydrogens (tertiary/aromatic N) is 3. The van der Waals surface area contributed by atoms with Gasteiger partial charge in [0, 0.05) is 31.3 Å². The molecule has 8 heteroatoms. The van der Waals surface area contributed by atoms with Crippen molar-refractivity contribution in [2.24, 2.45) is 0 Å². The first-order valence-electron chi connectivity index (χ1n) is 10.4. The lowest BCUT2D eigenvalue weighted by molar-refractivity contribution is 0.115. The van der Waals surface area contributed by atoms with E-state index in [-0.39, 0.29) is 12.2 Å². The van der Waals surface area contributed by atoms with Crippen molar-refractivity contribution in [3.05, 3.63) is 47.2 Å². The van der Waals surface area contributed by atoms with Gasteiger partial charge in [0.2, 0.25) is 12.1 Å². The molecule has 0 atom stereocenters. The molecule has 0 bridgehead atoms. The second-order valence-electron chi connectivity index (χ2n) is 8.02. The lowest BCUT2D eigenvalue weighted by Crippen LogP contribution is -2.33. The van der Waals surface area contributed by atoms with E-state index < -0.39 is 6.43 Å². The fraction of sp³-hybridized carbons (Fsp3) is 0.391. The molecule has 1 aliphatic rings. The highest BCUT2D eigenvalue weighted by Gasteiger charge is 2.17. The minimum Gasteiger partial charge on any atom is -0.507 e. The molecule has 0 amide bonds. The van der Waals surface area contributed by atoms with Crippen LogP contribution in [-0.2, 0) is 0 Å². The molecule has 1 aliphatic heterocycles. The van der Waals surface area contributed by atoms with Crippen LogP contribution in [0.1, 0.15) is 30.4 Å². The monoisotopic (exact) mass is 428 g/mol. The molecule has 0 radical (unpaired) electrons. The molecule has 4 rings (SSSR count). The summed E-state index contributed by atoms with van der Waals surface area (Å²) in [5.74, 6) is 0.185. The summed E-state index contributed by atoms with van der Waals surface area (Å²) in [6, 6.07) is 7.62. The van der Waals surface area contributed by atoms with Gasteiger partial charge in [0.25, 0.3) is 0 Å². The van der Waals surface area contributed by atoms with E-state index in [1.807, 2.05) is 31.0 Å². The van der Waals surface area contributed by atoms with Crippen LogP contribution in [-0.4, -0.2) is 46.0 Å². The molecule has 1 aromatic carbocycles. The molecular weight excluding hydrogens is 402 g/mol. The molecule has 0 spiro atoms. The number of anilines is 1. The number of oxazole rings is 1. The zero-order valence-corrected chi connectivity index (χ0v) is 17.7. The number of fused-ring (bicyclic) bond motifs is 1. The first-order chi connectivity index (χ1) is 14.9. The van der Waals surface area contributed by atoms with Crippen molar-refractivity contribution in [2.45, 2.75) is 39.5 Å². The molecule has 164 valence electrons. The molecule has 0 aliphatic carbocycles. The third kappa shape index (κ3) is 5.02. The van der Waals surface area contributed by atoms with Gasteiger partial charge in [0.15, 0.2) is 5.58 Å². The van der Waals surface area contributed by atoms with Gasteiger partial charge in [-0.15, -0.1) is 0 Å². The summed E-state index contributed by atoms with van der Waals surface area (Å²) in [5, 5.41) is 13.4. The lowest BCUT2D eigenvalue weighted by atomic mass is 10.0. The number of likely N-dealkylation sites (tertiary alicyclic amines) is 1. The van der Waals surface area contributed by atoms with E-state index in [1.54, 1.807) is 18.2 Å². The number of piperidine rings is 1. The van der Waals surface area contributed by atoms with E-state index in [9.17, 15) is 13.9 Å². The molecule has 2 aromatic heterocycles. The van der Waals surface area contributed by atoms with E-state index in [0.29, 0.717) is 41.6 Å². The maximum atomic E-state index is 12.5. The number of hydrogen-bond acceptors (Lipinski definition) is 6. The van der Waals surface area contributed by atoms with Crippen LogP contribution < -0.4 is 5.32 Å². The van der Waals surface area contributed by atoms with Crippen LogP contribution in [0, 0.1) is 13.8 Å². The summed E-state index contributed by atoms with van der Waals surface area (Å²) in [6.45, 7) is 5.77. The number of phenols is 1. The Kier molecular flexibility index (Phi) is 6.18. The number of nitrogens with one attached hydrogen (secondary N) is 1. The largest absolute Gasteiger partial charge is 0.507 e.